The van der Waals surface area contributed by atoms with E-state index >= 15 is 0 Å². The summed E-state index contributed by atoms with van der Waals surface area (Å²) in [5.74, 6) is 1.05. The molecule has 20 heavy (non-hydrogen) atoms. The van der Waals surface area contributed by atoms with E-state index in [9.17, 15) is 4.79 Å². The SMILES string of the molecule is CCNC1CCN(C(=O)Cc2ccc(OC)cc2)CC1. The molecule has 0 radical (unpaired) electrons. The Hall–Kier alpha value is -1.55. The number of likely N-dealkylation sites (tertiary alicyclic amines) is 1. The molecule has 0 unspecified atom stereocenters. The number of piperidine rings is 1. The van der Waals surface area contributed by atoms with Gasteiger partial charge in [-0.3, -0.25) is 4.79 Å². The molecule has 0 atom stereocenters. The van der Waals surface area contributed by atoms with Gasteiger partial charge in [0, 0.05) is 19.1 Å². The molecule has 1 N–H and O–H groups in total. The zero-order valence-electron chi connectivity index (χ0n) is 12.4. The molecule has 1 aromatic rings. The molecule has 0 aliphatic carbocycles. The number of ether oxygens (including phenoxy) is 1. The zero-order chi connectivity index (χ0) is 14.4. The lowest BCUT2D eigenvalue weighted by atomic mass is 10.0. The Morgan fingerprint density at radius 3 is 2.50 bits per heavy atom. The number of amides is 1. The molecular weight excluding hydrogens is 252 g/mol. The van der Waals surface area contributed by atoms with Crippen LogP contribution in [-0.4, -0.2) is 43.6 Å². The number of methoxy groups -OCH3 is 1. The highest BCUT2D eigenvalue weighted by Crippen LogP contribution is 2.15. The summed E-state index contributed by atoms with van der Waals surface area (Å²) >= 11 is 0. The molecule has 2 rings (SSSR count). The molecule has 0 bridgehead atoms. The molecule has 0 aromatic heterocycles. The molecule has 1 aliphatic rings. The smallest absolute Gasteiger partial charge is 0.226 e. The van der Waals surface area contributed by atoms with E-state index in [-0.39, 0.29) is 5.91 Å². The first kappa shape index (κ1) is 14.9. The monoisotopic (exact) mass is 276 g/mol. The Kier molecular flexibility index (Phi) is 5.41. The summed E-state index contributed by atoms with van der Waals surface area (Å²) in [4.78, 5) is 14.2. The van der Waals surface area contributed by atoms with Crippen molar-refractivity contribution in [3.8, 4) is 5.75 Å². The van der Waals surface area contributed by atoms with Gasteiger partial charge in [-0.25, -0.2) is 0 Å². The van der Waals surface area contributed by atoms with E-state index in [0.29, 0.717) is 12.5 Å². The lowest BCUT2D eigenvalue weighted by Gasteiger charge is -2.32. The molecule has 1 amide bonds. The Labute approximate surface area is 121 Å². The molecule has 1 heterocycles. The van der Waals surface area contributed by atoms with E-state index in [4.69, 9.17) is 4.74 Å². The van der Waals surface area contributed by atoms with Crippen LogP contribution in [-0.2, 0) is 11.2 Å². The van der Waals surface area contributed by atoms with Gasteiger partial charge in [-0.15, -0.1) is 0 Å². The van der Waals surface area contributed by atoms with E-state index < -0.39 is 0 Å². The fourth-order valence-corrected chi connectivity index (χ4v) is 2.65. The molecule has 1 aromatic carbocycles. The summed E-state index contributed by atoms with van der Waals surface area (Å²) in [6.07, 6.45) is 2.60. The quantitative estimate of drug-likeness (QED) is 0.892. The maximum Gasteiger partial charge on any atom is 0.226 e. The minimum absolute atomic E-state index is 0.227. The van der Waals surface area contributed by atoms with Crippen molar-refractivity contribution in [1.82, 2.24) is 10.2 Å². The Bertz CT molecular complexity index is 423. The third-order valence-corrected chi connectivity index (χ3v) is 3.85. The van der Waals surface area contributed by atoms with Crippen LogP contribution in [0.15, 0.2) is 24.3 Å². The van der Waals surface area contributed by atoms with Gasteiger partial charge in [0.25, 0.3) is 0 Å². The molecule has 110 valence electrons. The number of hydrogen-bond donors (Lipinski definition) is 1. The lowest BCUT2D eigenvalue weighted by Crippen LogP contribution is -2.45. The fraction of sp³-hybridized carbons (Fsp3) is 0.562. The van der Waals surface area contributed by atoms with Gasteiger partial charge < -0.3 is 15.0 Å². The number of carbonyl (C=O) groups is 1. The predicted molar refractivity (Wildman–Crippen MR) is 80.0 cm³/mol. The van der Waals surface area contributed by atoms with Crippen molar-refractivity contribution in [2.75, 3.05) is 26.7 Å². The van der Waals surface area contributed by atoms with Gasteiger partial charge in [-0.1, -0.05) is 19.1 Å². The average molecular weight is 276 g/mol. The first-order chi connectivity index (χ1) is 9.72. The average Bonchev–Trinajstić information content (AvgIpc) is 2.49. The van der Waals surface area contributed by atoms with Crippen LogP contribution < -0.4 is 10.1 Å². The first-order valence-electron chi connectivity index (χ1n) is 7.37. The van der Waals surface area contributed by atoms with Crippen LogP contribution in [0.5, 0.6) is 5.75 Å². The summed E-state index contributed by atoms with van der Waals surface area (Å²) in [7, 11) is 1.65. The van der Waals surface area contributed by atoms with Crippen LogP contribution in [0.4, 0.5) is 0 Å². The van der Waals surface area contributed by atoms with Crippen molar-refractivity contribution in [1.29, 1.82) is 0 Å². The highest BCUT2D eigenvalue weighted by atomic mass is 16.5. The lowest BCUT2D eigenvalue weighted by molar-refractivity contribution is -0.131. The highest BCUT2D eigenvalue weighted by molar-refractivity contribution is 5.78. The highest BCUT2D eigenvalue weighted by Gasteiger charge is 2.21. The largest absolute Gasteiger partial charge is 0.497 e. The van der Waals surface area contributed by atoms with Gasteiger partial charge in [-0.05, 0) is 37.1 Å². The van der Waals surface area contributed by atoms with Gasteiger partial charge in [0.1, 0.15) is 5.75 Å². The summed E-state index contributed by atoms with van der Waals surface area (Å²) in [5, 5.41) is 3.45. The molecule has 0 saturated carbocycles. The topological polar surface area (TPSA) is 41.6 Å². The second kappa shape index (κ2) is 7.29. The van der Waals surface area contributed by atoms with Crippen LogP contribution in [0.2, 0.25) is 0 Å². The van der Waals surface area contributed by atoms with Gasteiger partial charge in [0.05, 0.1) is 13.5 Å². The van der Waals surface area contributed by atoms with Gasteiger partial charge >= 0.3 is 0 Å². The zero-order valence-corrected chi connectivity index (χ0v) is 12.4. The second-order valence-corrected chi connectivity index (χ2v) is 5.24. The Morgan fingerprint density at radius 2 is 1.95 bits per heavy atom. The third kappa shape index (κ3) is 3.97. The predicted octanol–water partition coefficient (Wildman–Crippen LogP) is 1.84. The van der Waals surface area contributed by atoms with Crippen LogP contribution >= 0.6 is 0 Å². The van der Waals surface area contributed by atoms with Crippen molar-refractivity contribution >= 4 is 5.91 Å². The van der Waals surface area contributed by atoms with E-state index in [1.807, 2.05) is 29.2 Å². The number of rotatable bonds is 5. The minimum Gasteiger partial charge on any atom is -0.497 e. The summed E-state index contributed by atoms with van der Waals surface area (Å²) < 4.78 is 5.12. The molecular formula is C16H24N2O2. The van der Waals surface area contributed by atoms with Crippen molar-refractivity contribution in [2.45, 2.75) is 32.2 Å². The van der Waals surface area contributed by atoms with Crippen molar-refractivity contribution in [3.63, 3.8) is 0 Å². The summed E-state index contributed by atoms with van der Waals surface area (Å²) in [5.41, 5.74) is 1.05. The van der Waals surface area contributed by atoms with Crippen molar-refractivity contribution in [3.05, 3.63) is 29.8 Å². The molecule has 0 spiro atoms. The summed E-state index contributed by atoms with van der Waals surface area (Å²) in [6, 6.07) is 8.30. The van der Waals surface area contributed by atoms with E-state index in [2.05, 4.69) is 12.2 Å². The number of benzene rings is 1. The molecule has 4 heteroatoms. The van der Waals surface area contributed by atoms with Gasteiger partial charge in [0.2, 0.25) is 5.91 Å². The second-order valence-electron chi connectivity index (χ2n) is 5.24. The maximum absolute atomic E-state index is 12.3. The van der Waals surface area contributed by atoms with E-state index in [1.165, 1.54) is 0 Å². The van der Waals surface area contributed by atoms with Crippen LogP contribution in [0, 0.1) is 0 Å². The standard InChI is InChI=1S/C16H24N2O2/c1-3-17-14-8-10-18(11-9-14)16(19)12-13-4-6-15(20-2)7-5-13/h4-7,14,17H,3,8-12H2,1-2H3. The van der Waals surface area contributed by atoms with E-state index in [1.54, 1.807) is 7.11 Å². The molecule has 1 aliphatic heterocycles. The number of hydrogen-bond acceptors (Lipinski definition) is 3. The molecule has 1 fully saturated rings. The summed E-state index contributed by atoms with van der Waals surface area (Å²) in [6.45, 7) is 4.87. The molecule has 1 saturated heterocycles. The molecule has 4 nitrogen and oxygen atoms in total. The number of nitrogens with zero attached hydrogens (tertiary/aromatic N) is 1. The fourth-order valence-electron chi connectivity index (χ4n) is 2.65. The Morgan fingerprint density at radius 1 is 1.30 bits per heavy atom. The van der Waals surface area contributed by atoms with Crippen LogP contribution in [0.1, 0.15) is 25.3 Å². The normalized spacial score (nSPS) is 16.2. The van der Waals surface area contributed by atoms with Crippen molar-refractivity contribution < 1.29 is 9.53 Å². The van der Waals surface area contributed by atoms with Gasteiger partial charge in [0.15, 0.2) is 0 Å². The maximum atomic E-state index is 12.3. The van der Waals surface area contributed by atoms with Crippen molar-refractivity contribution in [2.24, 2.45) is 0 Å². The minimum atomic E-state index is 0.227. The first-order valence-corrected chi connectivity index (χ1v) is 7.37. The van der Waals surface area contributed by atoms with Crippen LogP contribution in [0.25, 0.3) is 0 Å². The number of nitrogens with one attached hydrogen (secondary N) is 1. The van der Waals surface area contributed by atoms with Crippen LogP contribution in [0.3, 0.4) is 0 Å². The third-order valence-electron chi connectivity index (χ3n) is 3.85. The Balaban J connectivity index is 1.83. The van der Waals surface area contributed by atoms with E-state index in [0.717, 1.165) is 43.8 Å². The number of carbonyl (C=O) groups excluding carboxylic acids is 1. The van der Waals surface area contributed by atoms with Gasteiger partial charge in [-0.2, -0.15) is 0 Å².